The van der Waals surface area contributed by atoms with Crippen molar-refractivity contribution >= 4 is 46.3 Å². The highest BCUT2D eigenvalue weighted by molar-refractivity contribution is 6.46. The van der Waals surface area contributed by atoms with Crippen LogP contribution in [0.5, 0.6) is 0 Å². The Morgan fingerprint density at radius 3 is 2.18 bits per heavy atom. The monoisotopic (exact) mass is 414 g/mol. The molecule has 2 amide bonds. The molecular weight excluding hydrogens is 395 g/mol. The normalized spacial score (nSPS) is 17.3. The minimum Gasteiger partial charge on any atom is -0.366 e. The van der Waals surface area contributed by atoms with E-state index in [-0.39, 0.29) is 11.8 Å². The van der Waals surface area contributed by atoms with Crippen LogP contribution in [0.2, 0.25) is 10.0 Å². The molecule has 2 aromatic carbocycles. The molecule has 2 heterocycles. The van der Waals surface area contributed by atoms with Crippen molar-refractivity contribution in [1.29, 1.82) is 0 Å². The van der Waals surface area contributed by atoms with Crippen LogP contribution in [0.3, 0.4) is 0 Å². The maximum absolute atomic E-state index is 13.4. The van der Waals surface area contributed by atoms with E-state index < -0.39 is 0 Å². The standard InChI is InChI=1S/C22H20Cl2N2O2/c1-13-5-6-15(11-14(13)2)19-20(25-9-3-4-10-25)22(28)26(21(19)27)16-7-8-17(23)18(24)12-16/h5-8,11-12H,3-4,9-10H2,1-2H3. The van der Waals surface area contributed by atoms with Crippen molar-refractivity contribution in [2.45, 2.75) is 26.7 Å². The summed E-state index contributed by atoms with van der Waals surface area (Å²) in [5.74, 6) is -0.632. The highest BCUT2D eigenvalue weighted by atomic mass is 35.5. The number of nitrogens with zero attached hydrogens (tertiary/aromatic N) is 2. The fourth-order valence-electron chi connectivity index (χ4n) is 3.77. The summed E-state index contributed by atoms with van der Waals surface area (Å²) in [7, 11) is 0. The first-order chi connectivity index (χ1) is 13.4. The van der Waals surface area contributed by atoms with Gasteiger partial charge in [-0.05, 0) is 61.6 Å². The Kier molecular flexibility index (Phi) is 4.94. The third-order valence-electron chi connectivity index (χ3n) is 5.44. The molecule has 0 unspecified atom stereocenters. The number of carbonyl (C=O) groups is 2. The van der Waals surface area contributed by atoms with Gasteiger partial charge in [0.25, 0.3) is 11.8 Å². The zero-order valence-electron chi connectivity index (χ0n) is 15.8. The first kappa shape index (κ1) is 19.0. The molecule has 2 aromatic rings. The molecule has 1 saturated heterocycles. The van der Waals surface area contributed by atoms with Crippen LogP contribution in [0.1, 0.15) is 29.5 Å². The molecule has 1 fully saturated rings. The average molecular weight is 415 g/mol. The molecule has 6 heteroatoms. The Morgan fingerprint density at radius 2 is 1.54 bits per heavy atom. The molecule has 4 rings (SSSR count). The van der Waals surface area contributed by atoms with Crippen LogP contribution in [0, 0.1) is 13.8 Å². The Morgan fingerprint density at radius 1 is 0.821 bits per heavy atom. The number of hydrogen-bond donors (Lipinski definition) is 0. The van der Waals surface area contributed by atoms with E-state index in [0.717, 1.165) is 42.6 Å². The maximum atomic E-state index is 13.4. The summed E-state index contributed by atoms with van der Waals surface area (Å²) in [6.07, 6.45) is 2.02. The molecule has 0 aliphatic carbocycles. The molecule has 2 aliphatic heterocycles. The van der Waals surface area contributed by atoms with Gasteiger partial charge in [0.2, 0.25) is 0 Å². The lowest BCUT2D eigenvalue weighted by molar-refractivity contribution is -0.120. The highest BCUT2D eigenvalue weighted by Gasteiger charge is 2.43. The highest BCUT2D eigenvalue weighted by Crippen LogP contribution is 2.38. The molecule has 4 nitrogen and oxygen atoms in total. The van der Waals surface area contributed by atoms with Gasteiger partial charge in [-0.2, -0.15) is 0 Å². The number of benzene rings is 2. The molecule has 0 radical (unpaired) electrons. The molecule has 0 aromatic heterocycles. The number of likely N-dealkylation sites (tertiary alicyclic amines) is 1. The average Bonchev–Trinajstić information content (AvgIpc) is 3.26. The minimum atomic E-state index is -0.325. The Hall–Kier alpha value is -2.30. The van der Waals surface area contributed by atoms with E-state index >= 15 is 0 Å². The third-order valence-corrected chi connectivity index (χ3v) is 6.18. The predicted molar refractivity (Wildman–Crippen MR) is 113 cm³/mol. The van der Waals surface area contributed by atoms with Gasteiger partial charge in [-0.3, -0.25) is 9.59 Å². The van der Waals surface area contributed by atoms with Gasteiger partial charge in [-0.15, -0.1) is 0 Å². The quantitative estimate of drug-likeness (QED) is 0.664. The SMILES string of the molecule is Cc1ccc(C2=C(N3CCCC3)C(=O)N(c3ccc(Cl)c(Cl)c3)C2=O)cc1C. The number of rotatable bonds is 3. The summed E-state index contributed by atoms with van der Waals surface area (Å²) in [5, 5.41) is 0.689. The van der Waals surface area contributed by atoms with Crippen molar-refractivity contribution in [2.24, 2.45) is 0 Å². The lowest BCUT2D eigenvalue weighted by Crippen LogP contribution is -2.34. The van der Waals surface area contributed by atoms with Crippen LogP contribution >= 0.6 is 23.2 Å². The topological polar surface area (TPSA) is 40.6 Å². The van der Waals surface area contributed by atoms with Gasteiger partial charge in [-0.1, -0.05) is 41.4 Å². The van der Waals surface area contributed by atoms with Gasteiger partial charge in [0.1, 0.15) is 5.70 Å². The Bertz CT molecular complexity index is 1020. The zero-order valence-corrected chi connectivity index (χ0v) is 17.3. The van der Waals surface area contributed by atoms with E-state index in [1.54, 1.807) is 18.2 Å². The van der Waals surface area contributed by atoms with Gasteiger partial charge in [0.15, 0.2) is 0 Å². The first-order valence-corrected chi connectivity index (χ1v) is 10.0. The van der Waals surface area contributed by atoms with Crippen LogP contribution < -0.4 is 4.90 Å². The van der Waals surface area contributed by atoms with Crippen molar-refractivity contribution in [1.82, 2.24) is 4.90 Å². The van der Waals surface area contributed by atoms with E-state index in [4.69, 9.17) is 23.2 Å². The number of amides is 2. The second-order valence-corrected chi connectivity index (χ2v) is 8.08. The van der Waals surface area contributed by atoms with Gasteiger partial charge < -0.3 is 4.90 Å². The third kappa shape index (κ3) is 3.11. The Labute approximate surface area is 174 Å². The number of hydrogen-bond acceptors (Lipinski definition) is 3. The van der Waals surface area contributed by atoms with Crippen LogP contribution in [-0.4, -0.2) is 29.8 Å². The Balaban J connectivity index is 1.85. The first-order valence-electron chi connectivity index (χ1n) is 9.29. The number of imide groups is 1. The van der Waals surface area contributed by atoms with Crippen molar-refractivity contribution in [3.63, 3.8) is 0 Å². The summed E-state index contributed by atoms with van der Waals surface area (Å²) in [6.45, 7) is 5.58. The van der Waals surface area contributed by atoms with Gasteiger partial charge in [-0.25, -0.2) is 4.90 Å². The zero-order chi connectivity index (χ0) is 20.0. The second-order valence-electron chi connectivity index (χ2n) is 7.26. The predicted octanol–water partition coefficient (Wildman–Crippen LogP) is 4.99. The maximum Gasteiger partial charge on any atom is 0.282 e. The van der Waals surface area contributed by atoms with E-state index in [0.29, 0.717) is 27.0 Å². The van der Waals surface area contributed by atoms with Crippen molar-refractivity contribution in [2.75, 3.05) is 18.0 Å². The summed E-state index contributed by atoms with van der Waals surface area (Å²) < 4.78 is 0. The molecular formula is C22H20Cl2N2O2. The smallest absolute Gasteiger partial charge is 0.282 e. The van der Waals surface area contributed by atoms with E-state index in [1.165, 1.54) is 4.90 Å². The van der Waals surface area contributed by atoms with Crippen molar-refractivity contribution in [3.05, 3.63) is 68.8 Å². The fourth-order valence-corrected chi connectivity index (χ4v) is 4.06. The van der Waals surface area contributed by atoms with E-state index in [9.17, 15) is 9.59 Å². The molecule has 0 N–H and O–H groups in total. The largest absolute Gasteiger partial charge is 0.366 e. The van der Waals surface area contributed by atoms with Crippen LogP contribution in [0.25, 0.3) is 5.57 Å². The van der Waals surface area contributed by atoms with Crippen molar-refractivity contribution in [3.8, 4) is 0 Å². The molecule has 0 bridgehead atoms. The molecule has 144 valence electrons. The van der Waals surface area contributed by atoms with E-state index in [1.807, 2.05) is 36.9 Å². The second kappa shape index (κ2) is 7.26. The number of aryl methyl sites for hydroxylation is 2. The summed E-state index contributed by atoms with van der Waals surface area (Å²) in [6, 6.07) is 10.7. The summed E-state index contributed by atoms with van der Waals surface area (Å²) in [5.41, 5.74) is 4.37. The van der Waals surface area contributed by atoms with Gasteiger partial charge in [0, 0.05) is 13.1 Å². The lowest BCUT2D eigenvalue weighted by Gasteiger charge is -2.20. The summed E-state index contributed by atoms with van der Waals surface area (Å²) in [4.78, 5) is 30.0. The molecule has 28 heavy (non-hydrogen) atoms. The molecule has 0 saturated carbocycles. The van der Waals surface area contributed by atoms with Crippen LogP contribution in [-0.2, 0) is 9.59 Å². The minimum absolute atomic E-state index is 0.307. The molecule has 0 spiro atoms. The van der Waals surface area contributed by atoms with Crippen molar-refractivity contribution < 1.29 is 9.59 Å². The summed E-state index contributed by atoms with van der Waals surface area (Å²) >= 11 is 12.1. The van der Waals surface area contributed by atoms with Crippen LogP contribution in [0.4, 0.5) is 5.69 Å². The molecule has 0 atom stereocenters. The van der Waals surface area contributed by atoms with Crippen LogP contribution in [0.15, 0.2) is 42.1 Å². The lowest BCUT2D eigenvalue weighted by atomic mass is 9.99. The number of carbonyl (C=O) groups excluding carboxylic acids is 2. The fraction of sp³-hybridized carbons (Fsp3) is 0.273. The van der Waals surface area contributed by atoms with Gasteiger partial charge in [0.05, 0.1) is 21.3 Å². The molecule has 2 aliphatic rings. The number of anilines is 1. The number of halogens is 2. The van der Waals surface area contributed by atoms with E-state index in [2.05, 4.69) is 0 Å². The van der Waals surface area contributed by atoms with Gasteiger partial charge >= 0.3 is 0 Å².